The largest absolute Gasteiger partial charge is 0.493 e. The van der Waals surface area contributed by atoms with E-state index in [0.29, 0.717) is 19.3 Å². The number of methoxy groups -OCH3 is 1. The van der Waals surface area contributed by atoms with E-state index in [0.717, 1.165) is 43.4 Å². The van der Waals surface area contributed by atoms with Crippen LogP contribution in [0.4, 0.5) is 0 Å². The number of benzene rings is 1. The Labute approximate surface area is 119 Å². The molecule has 5 heteroatoms. The van der Waals surface area contributed by atoms with E-state index >= 15 is 0 Å². The summed E-state index contributed by atoms with van der Waals surface area (Å²) in [6.45, 7) is 7.50. The van der Waals surface area contributed by atoms with Gasteiger partial charge in [0.25, 0.3) is 0 Å². The van der Waals surface area contributed by atoms with E-state index in [1.165, 1.54) is 5.56 Å². The third-order valence-electron chi connectivity index (χ3n) is 3.75. The van der Waals surface area contributed by atoms with Crippen LogP contribution in [0, 0.1) is 0 Å². The predicted octanol–water partition coefficient (Wildman–Crippen LogP) is 1.26. The molecule has 0 bridgehead atoms. The fourth-order valence-electron chi connectivity index (χ4n) is 2.83. The minimum atomic E-state index is 0.544. The zero-order valence-corrected chi connectivity index (χ0v) is 12.1. The highest BCUT2D eigenvalue weighted by Gasteiger charge is 2.21. The normalized spacial score (nSPS) is 22.6. The average Bonchev–Trinajstić information content (AvgIpc) is 2.46. The Hall–Kier alpha value is -1.46. The van der Waals surface area contributed by atoms with Crippen molar-refractivity contribution in [1.82, 2.24) is 10.2 Å². The van der Waals surface area contributed by atoms with E-state index < -0.39 is 0 Å². The van der Waals surface area contributed by atoms with E-state index in [1.54, 1.807) is 7.11 Å². The number of hydrogen-bond donors (Lipinski definition) is 1. The molecule has 1 saturated heterocycles. The van der Waals surface area contributed by atoms with Crippen molar-refractivity contribution in [2.45, 2.75) is 19.5 Å². The van der Waals surface area contributed by atoms with Gasteiger partial charge >= 0.3 is 0 Å². The topological polar surface area (TPSA) is 43.0 Å². The lowest BCUT2D eigenvalue weighted by molar-refractivity contribution is 0.163. The number of fused-ring (bicyclic) bond motifs is 1. The Morgan fingerprint density at radius 3 is 3.00 bits per heavy atom. The van der Waals surface area contributed by atoms with Gasteiger partial charge in [-0.1, -0.05) is 0 Å². The molecule has 20 heavy (non-hydrogen) atoms. The minimum absolute atomic E-state index is 0.544. The lowest BCUT2D eigenvalue weighted by atomic mass is 10.1. The molecule has 2 aliphatic rings. The summed E-state index contributed by atoms with van der Waals surface area (Å²) in [7, 11) is 1.67. The minimum Gasteiger partial charge on any atom is -0.493 e. The molecule has 1 N–H and O–H groups in total. The van der Waals surface area contributed by atoms with Gasteiger partial charge in [0.05, 0.1) is 7.11 Å². The molecule has 2 heterocycles. The van der Waals surface area contributed by atoms with Crippen LogP contribution in [-0.2, 0) is 6.54 Å². The van der Waals surface area contributed by atoms with E-state index in [9.17, 15) is 0 Å². The average molecular weight is 278 g/mol. The molecule has 0 radical (unpaired) electrons. The van der Waals surface area contributed by atoms with Crippen molar-refractivity contribution in [3.63, 3.8) is 0 Å². The van der Waals surface area contributed by atoms with Gasteiger partial charge in [0, 0.05) is 32.2 Å². The lowest BCUT2D eigenvalue weighted by Gasteiger charge is -2.32. The van der Waals surface area contributed by atoms with Gasteiger partial charge in [0.15, 0.2) is 11.5 Å². The maximum atomic E-state index is 5.68. The standard InChI is InChI=1S/C15H22N2O3/c1-11-9-17(4-3-16-11)10-12-7-13(18-2)15-14(8-12)19-5-6-20-15/h7-8,11,16H,3-6,9-10H2,1-2H3/t11-/m0/s1. The van der Waals surface area contributed by atoms with Crippen molar-refractivity contribution in [1.29, 1.82) is 0 Å². The third-order valence-corrected chi connectivity index (χ3v) is 3.75. The van der Waals surface area contributed by atoms with Gasteiger partial charge in [0.1, 0.15) is 13.2 Å². The molecule has 1 fully saturated rings. The van der Waals surface area contributed by atoms with Crippen LogP contribution in [0.5, 0.6) is 17.2 Å². The molecular formula is C15H22N2O3. The van der Waals surface area contributed by atoms with Crippen LogP contribution < -0.4 is 19.5 Å². The van der Waals surface area contributed by atoms with Crippen molar-refractivity contribution in [2.75, 3.05) is 40.0 Å². The van der Waals surface area contributed by atoms with E-state index in [4.69, 9.17) is 14.2 Å². The van der Waals surface area contributed by atoms with Gasteiger partial charge in [-0.15, -0.1) is 0 Å². The molecule has 1 aromatic rings. The second kappa shape index (κ2) is 5.89. The van der Waals surface area contributed by atoms with E-state index in [-0.39, 0.29) is 0 Å². The molecule has 0 amide bonds. The molecular weight excluding hydrogens is 256 g/mol. The van der Waals surface area contributed by atoms with Gasteiger partial charge in [-0.05, 0) is 24.6 Å². The van der Waals surface area contributed by atoms with E-state index in [1.807, 2.05) is 0 Å². The fourth-order valence-corrected chi connectivity index (χ4v) is 2.83. The molecule has 1 aromatic carbocycles. The highest BCUT2D eigenvalue weighted by Crippen LogP contribution is 2.40. The number of rotatable bonds is 3. The van der Waals surface area contributed by atoms with Crippen molar-refractivity contribution < 1.29 is 14.2 Å². The first kappa shape index (κ1) is 13.5. The number of piperazine rings is 1. The third kappa shape index (κ3) is 2.83. The summed E-state index contributed by atoms with van der Waals surface area (Å²) in [6.07, 6.45) is 0. The molecule has 110 valence electrons. The van der Waals surface area contributed by atoms with Crippen molar-refractivity contribution in [3.8, 4) is 17.2 Å². The Morgan fingerprint density at radius 2 is 2.20 bits per heavy atom. The summed E-state index contributed by atoms with van der Waals surface area (Å²) in [5.41, 5.74) is 1.21. The molecule has 5 nitrogen and oxygen atoms in total. The Kier molecular flexibility index (Phi) is 3.98. The summed E-state index contributed by atoms with van der Waals surface area (Å²) in [6, 6.07) is 4.67. The first-order valence-corrected chi connectivity index (χ1v) is 7.18. The molecule has 0 saturated carbocycles. The zero-order valence-electron chi connectivity index (χ0n) is 12.1. The van der Waals surface area contributed by atoms with Crippen LogP contribution in [0.3, 0.4) is 0 Å². The monoisotopic (exact) mass is 278 g/mol. The maximum Gasteiger partial charge on any atom is 0.203 e. The number of nitrogens with zero attached hydrogens (tertiary/aromatic N) is 1. The summed E-state index contributed by atoms with van der Waals surface area (Å²) in [5, 5.41) is 3.46. The maximum absolute atomic E-state index is 5.68. The Balaban J connectivity index is 1.79. The quantitative estimate of drug-likeness (QED) is 0.901. The van der Waals surface area contributed by atoms with Crippen LogP contribution in [0.2, 0.25) is 0 Å². The van der Waals surface area contributed by atoms with Gasteiger partial charge in [-0.2, -0.15) is 0 Å². The second-order valence-electron chi connectivity index (χ2n) is 5.41. The zero-order chi connectivity index (χ0) is 13.9. The van der Waals surface area contributed by atoms with Crippen LogP contribution in [0.25, 0.3) is 0 Å². The van der Waals surface area contributed by atoms with Gasteiger partial charge in [-0.25, -0.2) is 0 Å². The highest BCUT2D eigenvalue weighted by molar-refractivity contribution is 5.54. The van der Waals surface area contributed by atoms with Crippen LogP contribution in [0.15, 0.2) is 12.1 Å². The summed E-state index contributed by atoms with van der Waals surface area (Å²) < 4.78 is 16.7. The summed E-state index contributed by atoms with van der Waals surface area (Å²) in [4.78, 5) is 2.45. The SMILES string of the molecule is COc1cc(CN2CCN[C@@H](C)C2)cc2c1OCCO2. The molecule has 0 unspecified atom stereocenters. The molecule has 2 aliphatic heterocycles. The van der Waals surface area contributed by atoms with E-state index in [2.05, 4.69) is 29.3 Å². The molecule has 0 spiro atoms. The molecule has 0 aromatic heterocycles. The van der Waals surface area contributed by atoms with Gasteiger partial charge in [0.2, 0.25) is 5.75 Å². The smallest absolute Gasteiger partial charge is 0.203 e. The Bertz CT molecular complexity index is 461. The van der Waals surface area contributed by atoms with Crippen molar-refractivity contribution >= 4 is 0 Å². The summed E-state index contributed by atoms with van der Waals surface area (Å²) >= 11 is 0. The first-order chi connectivity index (χ1) is 9.76. The van der Waals surface area contributed by atoms with Crippen molar-refractivity contribution in [3.05, 3.63) is 17.7 Å². The number of ether oxygens (including phenoxy) is 3. The highest BCUT2D eigenvalue weighted by atomic mass is 16.6. The van der Waals surface area contributed by atoms with Crippen LogP contribution >= 0.6 is 0 Å². The van der Waals surface area contributed by atoms with Crippen LogP contribution in [0.1, 0.15) is 12.5 Å². The van der Waals surface area contributed by atoms with Crippen molar-refractivity contribution in [2.24, 2.45) is 0 Å². The molecule has 1 atom stereocenters. The van der Waals surface area contributed by atoms with Gasteiger partial charge < -0.3 is 19.5 Å². The number of hydrogen-bond acceptors (Lipinski definition) is 5. The Morgan fingerprint density at radius 1 is 1.35 bits per heavy atom. The second-order valence-corrected chi connectivity index (χ2v) is 5.41. The lowest BCUT2D eigenvalue weighted by Crippen LogP contribution is -2.48. The molecule has 3 rings (SSSR count). The first-order valence-electron chi connectivity index (χ1n) is 7.18. The van der Waals surface area contributed by atoms with Crippen LogP contribution in [-0.4, -0.2) is 50.9 Å². The molecule has 0 aliphatic carbocycles. The fraction of sp³-hybridized carbons (Fsp3) is 0.600. The van der Waals surface area contributed by atoms with Gasteiger partial charge in [-0.3, -0.25) is 4.90 Å². The predicted molar refractivity (Wildman–Crippen MR) is 76.7 cm³/mol. The summed E-state index contributed by atoms with van der Waals surface area (Å²) in [5.74, 6) is 2.30. The number of nitrogens with one attached hydrogen (secondary N) is 1.